The van der Waals surface area contributed by atoms with Crippen molar-refractivity contribution >= 4 is 11.9 Å². The molecule has 0 aromatic carbocycles. The minimum Gasteiger partial charge on any atom is -0.480 e. The Balaban J connectivity index is 2.11. The topological polar surface area (TPSA) is 78.9 Å². The van der Waals surface area contributed by atoms with E-state index in [-0.39, 0.29) is 18.6 Å². The highest BCUT2D eigenvalue weighted by atomic mass is 16.5. The minimum atomic E-state index is -0.923. The number of nitrogens with zero attached hydrogens (tertiary/aromatic N) is 1. The third kappa shape index (κ3) is 5.97. The van der Waals surface area contributed by atoms with Gasteiger partial charge in [-0.1, -0.05) is 0 Å². The van der Waals surface area contributed by atoms with Gasteiger partial charge in [0.15, 0.2) is 0 Å². The van der Waals surface area contributed by atoms with Crippen LogP contribution >= 0.6 is 0 Å². The molecule has 0 spiro atoms. The molecule has 0 atom stereocenters. The number of carbonyl (C=O) groups is 2. The number of nitrogens with one attached hydrogen (secondary N) is 1. The van der Waals surface area contributed by atoms with Gasteiger partial charge >= 0.3 is 5.97 Å². The smallest absolute Gasteiger partial charge is 0.329 e. The molecule has 1 amide bonds. The lowest BCUT2D eigenvalue weighted by Crippen LogP contribution is -2.39. The number of hydrogen-bond acceptors (Lipinski definition) is 4. The summed E-state index contributed by atoms with van der Waals surface area (Å²) in [6.45, 7) is 4.85. The first-order chi connectivity index (χ1) is 8.61. The van der Waals surface area contributed by atoms with Crippen molar-refractivity contribution in [3.8, 4) is 0 Å². The van der Waals surface area contributed by atoms with E-state index in [2.05, 4.69) is 10.2 Å². The third-order valence-corrected chi connectivity index (χ3v) is 3.01. The summed E-state index contributed by atoms with van der Waals surface area (Å²) in [5, 5.41) is 11.3. The Labute approximate surface area is 107 Å². The summed E-state index contributed by atoms with van der Waals surface area (Å²) in [5.74, 6) is -0.838. The van der Waals surface area contributed by atoms with Gasteiger partial charge in [0.2, 0.25) is 5.91 Å². The number of carbonyl (C=O) groups excluding carboxylic acids is 1. The maximum absolute atomic E-state index is 11.3. The standard InChI is InChI=1S/C12H22N2O4/c1-2-13-11(15)5-8-14-6-3-10(4-7-14)18-9-12(16)17/h10H,2-9H2,1H3,(H,13,15)(H,16,17). The number of piperidine rings is 1. The second-order valence-electron chi connectivity index (χ2n) is 4.45. The predicted octanol–water partition coefficient (Wildman–Crippen LogP) is 0.0782. The van der Waals surface area contributed by atoms with Gasteiger partial charge in [0.05, 0.1) is 6.10 Å². The zero-order chi connectivity index (χ0) is 13.4. The maximum Gasteiger partial charge on any atom is 0.329 e. The molecule has 1 saturated heterocycles. The Morgan fingerprint density at radius 2 is 2.06 bits per heavy atom. The van der Waals surface area contributed by atoms with Gasteiger partial charge in [-0.2, -0.15) is 0 Å². The quantitative estimate of drug-likeness (QED) is 0.676. The Hall–Kier alpha value is -1.14. The lowest BCUT2D eigenvalue weighted by molar-refractivity contribution is -0.145. The lowest BCUT2D eigenvalue weighted by Gasteiger charge is -2.31. The fourth-order valence-electron chi connectivity index (χ4n) is 2.03. The molecule has 0 aliphatic carbocycles. The van der Waals surface area contributed by atoms with Gasteiger partial charge in [0.1, 0.15) is 6.61 Å². The molecule has 6 heteroatoms. The SMILES string of the molecule is CCNC(=O)CCN1CCC(OCC(=O)O)CC1. The van der Waals surface area contributed by atoms with Crippen LogP contribution in [-0.4, -0.2) is 60.8 Å². The maximum atomic E-state index is 11.3. The van der Waals surface area contributed by atoms with Crippen molar-refractivity contribution in [1.29, 1.82) is 0 Å². The van der Waals surface area contributed by atoms with Crippen LogP contribution < -0.4 is 5.32 Å². The van der Waals surface area contributed by atoms with Crippen LogP contribution in [0, 0.1) is 0 Å². The van der Waals surface area contributed by atoms with Gasteiger partial charge in [-0.05, 0) is 19.8 Å². The van der Waals surface area contributed by atoms with Crippen molar-refractivity contribution in [2.24, 2.45) is 0 Å². The van der Waals surface area contributed by atoms with Gasteiger partial charge < -0.3 is 20.1 Å². The number of amides is 1. The van der Waals surface area contributed by atoms with Crippen molar-refractivity contribution in [3.05, 3.63) is 0 Å². The second kappa shape index (κ2) is 8.05. The number of carboxylic acids is 1. The van der Waals surface area contributed by atoms with Crippen LogP contribution in [0.1, 0.15) is 26.2 Å². The molecule has 1 aliphatic rings. The van der Waals surface area contributed by atoms with Crippen molar-refractivity contribution < 1.29 is 19.4 Å². The van der Waals surface area contributed by atoms with Gasteiger partial charge in [-0.15, -0.1) is 0 Å². The van der Waals surface area contributed by atoms with Gasteiger partial charge in [0, 0.05) is 32.6 Å². The zero-order valence-corrected chi connectivity index (χ0v) is 10.9. The highest BCUT2D eigenvalue weighted by Crippen LogP contribution is 2.13. The zero-order valence-electron chi connectivity index (χ0n) is 10.9. The normalized spacial score (nSPS) is 17.6. The van der Waals surface area contributed by atoms with Crippen LogP contribution in [0.2, 0.25) is 0 Å². The summed E-state index contributed by atoms with van der Waals surface area (Å²) < 4.78 is 5.25. The molecule has 1 aliphatic heterocycles. The van der Waals surface area contributed by atoms with E-state index in [9.17, 15) is 9.59 Å². The Morgan fingerprint density at radius 3 is 2.61 bits per heavy atom. The molecular weight excluding hydrogens is 236 g/mol. The van der Waals surface area contributed by atoms with Crippen molar-refractivity contribution in [2.45, 2.75) is 32.3 Å². The Bertz CT molecular complexity index is 275. The minimum absolute atomic E-state index is 0.0434. The molecule has 104 valence electrons. The van der Waals surface area contributed by atoms with Crippen LogP contribution in [0.15, 0.2) is 0 Å². The molecule has 1 fully saturated rings. The number of carboxylic acid groups (broad SMARTS) is 1. The van der Waals surface area contributed by atoms with Gasteiger partial charge in [-0.3, -0.25) is 4.79 Å². The molecule has 1 rings (SSSR count). The van der Waals surface area contributed by atoms with Gasteiger partial charge in [0.25, 0.3) is 0 Å². The summed E-state index contributed by atoms with van der Waals surface area (Å²) in [4.78, 5) is 23.9. The average Bonchev–Trinajstić information content (AvgIpc) is 2.35. The van der Waals surface area contributed by atoms with Crippen LogP contribution in [0.5, 0.6) is 0 Å². The molecule has 0 unspecified atom stereocenters. The van der Waals surface area contributed by atoms with E-state index >= 15 is 0 Å². The Morgan fingerprint density at radius 1 is 1.39 bits per heavy atom. The van der Waals surface area contributed by atoms with E-state index in [1.54, 1.807) is 0 Å². The van der Waals surface area contributed by atoms with Crippen molar-refractivity contribution in [2.75, 3.05) is 32.8 Å². The first kappa shape index (κ1) is 14.9. The molecule has 0 aromatic heterocycles. The summed E-state index contributed by atoms with van der Waals surface area (Å²) >= 11 is 0. The van der Waals surface area contributed by atoms with Crippen molar-refractivity contribution in [3.63, 3.8) is 0 Å². The molecule has 0 saturated carbocycles. The molecule has 2 N–H and O–H groups in total. The van der Waals surface area contributed by atoms with Crippen LogP contribution in [0.3, 0.4) is 0 Å². The van der Waals surface area contributed by atoms with E-state index in [0.29, 0.717) is 13.0 Å². The number of likely N-dealkylation sites (tertiary alicyclic amines) is 1. The number of ether oxygens (including phenoxy) is 1. The molecule has 0 aromatic rings. The number of hydrogen-bond donors (Lipinski definition) is 2. The number of rotatable bonds is 7. The Kier molecular flexibility index (Phi) is 6.67. The summed E-state index contributed by atoms with van der Waals surface area (Å²) in [5.41, 5.74) is 0. The first-order valence-corrected chi connectivity index (χ1v) is 6.44. The van der Waals surface area contributed by atoms with Crippen molar-refractivity contribution in [1.82, 2.24) is 10.2 Å². The third-order valence-electron chi connectivity index (χ3n) is 3.01. The highest BCUT2D eigenvalue weighted by Gasteiger charge is 2.20. The van der Waals surface area contributed by atoms with E-state index in [4.69, 9.17) is 9.84 Å². The number of aliphatic carboxylic acids is 1. The molecule has 0 radical (unpaired) electrons. The molecule has 18 heavy (non-hydrogen) atoms. The summed E-state index contributed by atoms with van der Waals surface area (Å²) in [7, 11) is 0. The summed E-state index contributed by atoms with van der Waals surface area (Å²) in [6, 6.07) is 0. The van der Waals surface area contributed by atoms with Crippen LogP contribution in [-0.2, 0) is 14.3 Å². The molecule has 1 heterocycles. The van der Waals surface area contributed by atoms with Gasteiger partial charge in [-0.25, -0.2) is 4.79 Å². The monoisotopic (exact) mass is 258 g/mol. The van der Waals surface area contributed by atoms with E-state index in [1.807, 2.05) is 6.92 Å². The predicted molar refractivity (Wildman–Crippen MR) is 66.4 cm³/mol. The van der Waals surface area contributed by atoms with Crippen LogP contribution in [0.25, 0.3) is 0 Å². The highest BCUT2D eigenvalue weighted by molar-refractivity contribution is 5.75. The average molecular weight is 258 g/mol. The van der Waals surface area contributed by atoms with Crippen LogP contribution in [0.4, 0.5) is 0 Å². The fraction of sp³-hybridized carbons (Fsp3) is 0.833. The van der Waals surface area contributed by atoms with E-state index in [1.165, 1.54) is 0 Å². The van der Waals surface area contributed by atoms with E-state index < -0.39 is 5.97 Å². The lowest BCUT2D eigenvalue weighted by atomic mass is 10.1. The molecule has 0 bridgehead atoms. The van der Waals surface area contributed by atoms with E-state index in [0.717, 1.165) is 32.5 Å². The molecule has 6 nitrogen and oxygen atoms in total. The summed E-state index contributed by atoms with van der Waals surface area (Å²) in [6.07, 6.45) is 2.24. The molecular formula is C12H22N2O4. The second-order valence-corrected chi connectivity index (χ2v) is 4.45. The largest absolute Gasteiger partial charge is 0.480 e. The first-order valence-electron chi connectivity index (χ1n) is 6.44. The fourth-order valence-corrected chi connectivity index (χ4v) is 2.03.